The van der Waals surface area contributed by atoms with Crippen LogP contribution in [0.1, 0.15) is 32.4 Å². The van der Waals surface area contributed by atoms with Crippen molar-refractivity contribution in [2.75, 3.05) is 5.75 Å². The number of rotatable bonds is 6. The smallest absolute Gasteiger partial charge is 0.157 e. The Balaban J connectivity index is 2.46. The van der Waals surface area contributed by atoms with Crippen LogP contribution in [0.3, 0.4) is 0 Å². The zero-order valence-electron chi connectivity index (χ0n) is 9.27. The minimum Gasteiger partial charge on any atom is -0.468 e. The molecule has 0 aliphatic carbocycles. The molecule has 0 N–H and O–H groups in total. The number of sulfone groups is 1. The quantitative estimate of drug-likeness (QED) is 0.754. The molecule has 4 heteroatoms. The number of hydrogen-bond donors (Lipinski definition) is 0. The summed E-state index contributed by atoms with van der Waals surface area (Å²) in [6, 6.07) is 3.40. The largest absolute Gasteiger partial charge is 0.468 e. The van der Waals surface area contributed by atoms with Gasteiger partial charge >= 0.3 is 0 Å². The van der Waals surface area contributed by atoms with Gasteiger partial charge < -0.3 is 4.42 Å². The molecule has 15 heavy (non-hydrogen) atoms. The molecular weight excluding hydrogens is 212 g/mol. The fourth-order valence-corrected chi connectivity index (χ4v) is 2.77. The molecule has 1 unspecified atom stereocenters. The second kappa shape index (κ2) is 5.35. The van der Waals surface area contributed by atoms with E-state index >= 15 is 0 Å². The topological polar surface area (TPSA) is 47.3 Å². The third-order valence-electron chi connectivity index (χ3n) is 2.56. The van der Waals surface area contributed by atoms with Gasteiger partial charge in [0.1, 0.15) is 11.5 Å². The third-order valence-corrected chi connectivity index (χ3v) is 4.14. The van der Waals surface area contributed by atoms with E-state index in [2.05, 4.69) is 13.8 Å². The Bertz CT molecular complexity index is 365. The van der Waals surface area contributed by atoms with E-state index in [0.717, 1.165) is 12.8 Å². The van der Waals surface area contributed by atoms with Gasteiger partial charge in [-0.2, -0.15) is 0 Å². The van der Waals surface area contributed by atoms with Crippen molar-refractivity contribution in [3.05, 3.63) is 24.2 Å². The van der Waals surface area contributed by atoms with Gasteiger partial charge in [-0.1, -0.05) is 20.3 Å². The first-order valence-electron chi connectivity index (χ1n) is 5.26. The van der Waals surface area contributed by atoms with Crippen LogP contribution in [0.25, 0.3) is 0 Å². The lowest BCUT2D eigenvalue weighted by atomic mass is 10.1. The Hall–Kier alpha value is -0.770. The molecule has 1 heterocycles. The monoisotopic (exact) mass is 230 g/mol. The lowest BCUT2D eigenvalue weighted by molar-refractivity contribution is 0.512. The Labute approximate surface area is 91.4 Å². The summed E-state index contributed by atoms with van der Waals surface area (Å²) in [6.45, 7) is 4.15. The second-order valence-electron chi connectivity index (χ2n) is 3.97. The molecule has 1 rings (SSSR count). The van der Waals surface area contributed by atoms with E-state index in [-0.39, 0.29) is 11.5 Å². The predicted octanol–water partition coefficient (Wildman–Crippen LogP) is 2.63. The van der Waals surface area contributed by atoms with Gasteiger partial charge in [0.15, 0.2) is 9.84 Å². The molecule has 0 aliphatic rings. The van der Waals surface area contributed by atoms with Crippen molar-refractivity contribution in [1.82, 2.24) is 0 Å². The summed E-state index contributed by atoms with van der Waals surface area (Å²) in [5, 5.41) is 0. The summed E-state index contributed by atoms with van der Waals surface area (Å²) in [5.41, 5.74) is 0. The van der Waals surface area contributed by atoms with Gasteiger partial charge in [-0.25, -0.2) is 8.42 Å². The molecular formula is C11H18O3S. The molecule has 0 aliphatic heterocycles. The molecule has 1 aromatic heterocycles. The average molecular weight is 230 g/mol. The van der Waals surface area contributed by atoms with E-state index in [9.17, 15) is 8.42 Å². The Morgan fingerprint density at radius 1 is 1.47 bits per heavy atom. The van der Waals surface area contributed by atoms with Gasteiger partial charge in [0.25, 0.3) is 0 Å². The first-order chi connectivity index (χ1) is 7.03. The SMILES string of the molecule is CCC(C)CCS(=O)(=O)Cc1ccco1. The standard InChI is InChI=1S/C11H18O3S/c1-3-10(2)6-8-15(12,13)9-11-5-4-7-14-11/h4-5,7,10H,3,6,8-9H2,1-2H3. The van der Waals surface area contributed by atoms with E-state index in [1.165, 1.54) is 6.26 Å². The molecule has 0 bridgehead atoms. The highest BCUT2D eigenvalue weighted by Crippen LogP contribution is 2.12. The van der Waals surface area contributed by atoms with E-state index in [0.29, 0.717) is 11.7 Å². The fourth-order valence-electron chi connectivity index (χ4n) is 1.27. The lowest BCUT2D eigenvalue weighted by Crippen LogP contribution is -2.11. The van der Waals surface area contributed by atoms with Crippen LogP contribution in [0.5, 0.6) is 0 Å². The highest BCUT2D eigenvalue weighted by atomic mass is 32.2. The molecule has 0 radical (unpaired) electrons. The van der Waals surface area contributed by atoms with Crippen molar-refractivity contribution >= 4 is 9.84 Å². The third kappa shape index (κ3) is 4.51. The molecule has 0 aromatic carbocycles. The molecule has 0 saturated heterocycles. The summed E-state index contributed by atoms with van der Waals surface area (Å²) in [5.74, 6) is 1.27. The first-order valence-corrected chi connectivity index (χ1v) is 7.08. The maximum absolute atomic E-state index is 11.7. The van der Waals surface area contributed by atoms with Crippen LogP contribution in [0.15, 0.2) is 22.8 Å². The Morgan fingerprint density at radius 3 is 2.73 bits per heavy atom. The Kier molecular flexibility index (Phi) is 4.39. The molecule has 3 nitrogen and oxygen atoms in total. The molecule has 86 valence electrons. The van der Waals surface area contributed by atoms with E-state index in [1.807, 2.05) is 0 Å². The molecule has 0 spiro atoms. The highest BCUT2D eigenvalue weighted by molar-refractivity contribution is 7.90. The van der Waals surface area contributed by atoms with Crippen LogP contribution < -0.4 is 0 Å². The van der Waals surface area contributed by atoms with Gasteiger partial charge in [-0.3, -0.25) is 0 Å². The van der Waals surface area contributed by atoms with Crippen molar-refractivity contribution in [3.8, 4) is 0 Å². The number of hydrogen-bond acceptors (Lipinski definition) is 3. The van der Waals surface area contributed by atoms with E-state index in [1.54, 1.807) is 12.1 Å². The van der Waals surface area contributed by atoms with Crippen molar-refractivity contribution in [2.24, 2.45) is 5.92 Å². The summed E-state index contributed by atoms with van der Waals surface area (Å²) in [4.78, 5) is 0. The summed E-state index contributed by atoms with van der Waals surface area (Å²) >= 11 is 0. The maximum Gasteiger partial charge on any atom is 0.157 e. The second-order valence-corrected chi connectivity index (χ2v) is 6.16. The zero-order valence-corrected chi connectivity index (χ0v) is 10.1. The number of furan rings is 1. The van der Waals surface area contributed by atoms with Crippen molar-refractivity contribution in [1.29, 1.82) is 0 Å². The van der Waals surface area contributed by atoms with Gasteiger partial charge in [-0.15, -0.1) is 0 Å². The van der Waals surface area contributed by atoms with Crippen LogP contribution in [-0.2, 0) is 15.6 Å². The van der Waals surface area contributed by atoms with Crippen LogP contribution in [0.2, 0.25) is 0 Å². The predicted molar refractivity (Wildman–Crippen MR) is 60.3 cm³/mol. The van der Waals surface area contributed by atoms with Gasteiger partial charge in [0, 0.05) is 0 Å². The van der Waals surface area contributed by atoms with Crippen molar-refractivity contribution < 1.29 is 12.8 Å². The van der Waals surface area contributed by atoms with Crippen molar-refractivity contribution in [3.63, 3.8) is 0 Å². The molecule has 1 atom stereocenters. The van der Waals surface area contributed by atoms with Gasteiger partial charge in [-0.05, 0) is 24.5 Å². The molecule has 0 saturated carbocycles. The minimum atomic E-state index is -3.00. The van der Waals surface area contributed by atoms with Crippen molar-refractivity contribution in [2.45, 2.75) is 32.4 Å². The lowest BCUT2D eigenvalue weighted by Gasteiger charge is -2.07. The first kappa shape index (κ1) is 12.3. The molecule has 0 amide bonds. The summed E-state index contributed by atoms with van der Waals surface area (Å²) in [6.07, 6.45) is 3.26. The summed E-state index contributed by atoms with van der Waals surface area (Å²) < 4.78 is 28.3. The normalized spacial score (nSPS) is 14.0. The van der Waals surface area contributed by atoms with Crippen LogP contribution in [-0.4, -0.2) is 14.2 Å². The molecule has 1 aromatic rings. The van der Waals surface area contributed by atoms with Crippen LogP contribution in [0, 0.1) is 5.92 Å². The Morgan fingerprint density at radius 2 is 2.20 bits per heavy atom. The maximum atomic E-state index is 11.7. The van der Waals surface area contributed by atoms with Gasteiger partial charge in [0.05, 0.1) is 12.0 Å². The fraction of sp³-hybridized carbons (Fsp3) is 0.636. The molecule has 0 fully saturated rings. The minimum absolute atomic E-state index is 0.0242. The zero-order chi connectivity index (χ0) is 11.3. The van der Waals surface area contributed by atoms with E-state index < -0.39 is 9.84 Å². The highest BCUT2D eigenvalue weighted by Gasteiger charge is 2.14. The van der Waals surface area contributed by atoms with Gasteiger partial charge in [0.2, 0.25) is 0 Å². The average Bonchev–Trinajstić information content (AvgIpc) is 2.66. The summed E-state index contributed by atoms with van der Waals surface area (Å²) in [7, 11) is -3.00. The van der Waals surface area contributed by atoms with Crippen LogP contribution in [0.4, 0.5) is 0 Å². The van der Waals surface area contributed by atoms with E-state index in [4.69, 9.17) is 4.42 Å². The van der Waals surface area contributed by atoms with Crippen LogP contribution >= 0.6 is 0 Å².